The van der Waals surface area contributed by atoms with E-state index in [0.29, 0.717) is 6.07 Å². The van der Waals surface area contributed by atoms with E-state index in [4.69, 9.17) is 4.74 Å². The first-order chi connectivity index (χ1) is 10.5. The first-order valence-electron chi connectivity index (χ1n) is 6.64. The zero-order chi connectivity index (χ0) is 15.9. The molecule has 2 aromatic rings. The Hall–Kier alpha value is -2.76. The molecule has 1 heterocycles. The van der Waals surface area contributed by atoms with Gasteiger partial charge in [0.1, 0.15) is 11.5 Å². The van der Waals surface area contributed by atoms with E-state index in [1.807, 2.05) is 0 Å². The number of ether oxygens (including phenoxy) is 1. The van der Waals surface area contributed by atoms with Crippen molar-refractivity contribution in [3.05, 3.63) is 59.2 Å². The normalized spacial score (nSPS) is 13.5. The number of benzene rings is 2. The Morgan fingerprint density at radius 1 is 1.05 bits per heavy atom. The quantitative estimate of drug-likeness (QED) is 0.818. The molecule has 0 unspecified atom stereocenters. The van der Waals surface area contributed by atoms with Crippen molar-refractivity contribution < 1.29 is 23.1 Å². The van der Waals surface area contributed by atoms with E-state index in [2.05, 4.69) is 0 Å². The lowest BCUT2D eigenvalue weighted by atomic mass is 10.1. The van der Waals surface area contributed by atoms with Crippen LogP contribution in [-0.2, 0) is 0 Å². The number of nitrogens with zero attached hydrogens (tertiary/aromatic N) is 1. The van der Waals surface area contributed by atoms with Crippen molar-refractivity contribution in [2.75, 3.05) is 11.5 Å². The number of carbonyl (C=O) groups is 2. The summed E-state index contributed by atoms with van der Waals surface area (Å²) in [4.78, 5) is 25.5. The van der Waals surface area contributed by atoms with E-state index in [1.165, 1.54) is 12.1 Å². The second-order valence-electron chi connectivity index (χ2n) is 4.66. The van der Waals surface area contributed by atoms with Crippen LogP contribution in [0, 0.1) is 11.6 Å². The second kappa shape index (κ2) is 5.22. The van der Waals surface area contributed by atoms with Gasteiger partial charge in [0.15, 0.2) is 11.6 Å². The average Bonchev–Trinajstić information content (AvgIpc) is 2.74. The maximum Gasteiger partial charge on any atom is 0.266 e. The summed E-state index contributed by atoms with van der Waals surface area (Å²) in [5.74, 6) is -3.45. The van der Waals surface area contributed by atoms with Gasteiger partial charge in [0, 0.05) is 12.1 Å². The molecule has 1 aliphatic rings. The Kier molecular flexibility index (Phi) is 3.36. The average molecular weight is 303 g/mol. The van der Waals surface area contributed by atoms with Crippen LogP contribution < -0.4 is 9.64 Å². The molecule has 22 heavy (non-hydrogen) atoms. The lowest BCUT2D eigenvalue weighted by Crippen LogP contribution is -2.30. The molecule has 6 heteroatoms. The van der Waals surface area contributed by atoms with E-state index >= 15 is 0 Å². The summed E-state index contributed by atoms with van der Waals surface area (Å²) in [6, 6.07) is 7.77. The molecule has 0 saturated carbocycles. The maximum atomic E-state index is 13.9. The highest BCUT2D eigenvalue weighted by Gasteiger charge is 2.38. The predicted molar refractivity (Wildman–Crippen MR) is 75.1 cm³/mol. The van der Waals surface area contributed by atoms with Crippen LogP contribution in [0.15, 0.2) is 36.4 Å². The van der Waals surface area contributed by atoms with Crippen molar-refractivity contribution in [2.45, 2.75) is 6.92 Å². The zero-order valence-electron chi connectivity index (χ0n) is 11.6. The van der Waals surface area contributed by atoms with Gasteiger partial charge in [-0.1, -0.05) is 12.1 Å². The third kappa shape index (κ3) is 2.04. The van der Waals surface area contributed by atoms with Gasteiger partial charge in [-0.2, -0.15) is 0 Å². The number of fused-ring (bicyclic) bond motifs is 1. The maximum absolute atomic E-state index is 13.9. The number of rotatable bonds is 3. The molecule has 0 radical (unpaired) electrons. The van der Waals surface area contributed by atoms with Gasteiger partial charge in [-0.05, 0) is 19.1 Å². The lowest BCUT2D eigenvalue weighted by Gasteiger charge is -2.18. The molecule has 0 spiro atoms. The third-order valence-corrected chi connectivity index (χ3v) is 3.31. The Bertz CT molecular complexity index is 754. The molecule has 4 nitrogen and oxygen atoms in total. The lowest BCUT2D eigenvalue weighted by molar-refractivity contribution is 0.0924. The van der Waals surface area contributed by atoms with Crippen LogP contribution in [0.1, 0.15) is 27.6 Å². The van der Waals surface area contributed by atoms with Crippen molar-refractivity contribution in [1.82, 2.24) is 0 Å². The number of halogens is 2. The Labute approximate surface area is 124 Å². The Morgan fingerprint density at radius 3 is 2.18 bits per heavy atom. The van der Waals surface area contributed by atoms with E-state index in [1.54, 1.807) is 19.1 Å². The molecule has 0 atom stereocenters. The van der Waals surface area contributed by atoms with Gasteiger partial charge in [-0.3, -0.25) is 9.59 Å². The molecule has 3 rings (SSSR count). The van der Waals surface area contributed by atoms with Crippen molar-refractivity contribution in [2.24, 2.45) is 0 Å². The summed E-state index contributed by atoms with van der Waals surface area (Å²) < 4.78 is 32.6. The van der Waals surface area contributed by atoms with Gasteiger partial charge in [0.25, 0.3) is 11.8 Å². The molecule has 0 fully saturated rings. The Morgan fingerprint density at radius 2 is 1.64 bits per heavy atom. The Balaban J connectivity index is 2.17. The van der Waals surface area contributed by atoms with Gasteiger partial charge in [0.05, 0.1) is 17.7 Å². The first-order valence-corrected chi connectivity index (χ1v) is 6.64. The smallest absolute Gasteiger partial charge is 0.266 e. The highest BCUT2D eigenvalue weighted by Crippen LogP contribution is 2.37. The third-order valence-electron chi connectivity index (χ3n) is 3.31. The highest BCUT2D eigenvalue weighted by molar-refractivity contribution is 6.34. The van der Waals surface area contributed by atoms with Gasteiger partial charge in [0.2, 0.25) is 0 Å². The summed E-state index contributed by atoms with van der Waals surface area (Å²) in [6.45, 7) is 1.73. The van der Waals surface area contributed by atoms with Crippen LogP contribution in [0.3, 0.4) is 0 Å². The molecule has 2 aromatic carbocycles. The van der Waals surface area contributed by atoms with Crippen molar-refractivity contribution >= 4 is 17.5 Å². The van der Waals surface area contributed by atoms with Crippen LogP contribution in [0.25, 0.3) is 0 Å². The molecule has 0 aromatic heterocycles. The summed E-state index contributed by atoms with van der Waals surface area (Å²) in [7, 11) is 0. The molecular formula is C16H11F2NO3. The second-order valence-corrected chi connectivity index (χ2v) is 4.66. The number of hydrogen-bond donors (Lipinski definition) is 0. The number of hydrogen-bond acceptors (Lipinski definition) is 3. The van der Waals surface area contributed by atoms with Crippen LogP contribution in [0.5, 0.6) is 5.75 Å². The molecule has 0 aliphatic carbocycles. The fourth-order valence-electron chi connectivity index (χ4n) is 2.41. The SMILES string of the molecule is CCOc1c(F)cc(F)cc1N1C(=O)c2ccccc2C1=O. The standard InChI is InChI=1S/C16H11F2NO3/c1-2-22-14-12(18)7-9(17)8-13(14)19-15(20)10-5-3-4-6-11(10)16(19)21/h3-8H,2H2,1H3. The highest BCUT2D eigenvalue weighted by atomic mass is 19.1. The van der Waals surface area contributed by atoms with Crippen LogP contribution in [0.2, 0.25) is 0 Å². The summed E-state index contributed by atoms with van der Waals surface area (Å²) >= 11 is 0. The van der Waals surface area contributed by atoms with Crippen molar-refractivity contribution in [3.63, 3.8) is 0 Å². The predicted octanol–water partition coefficient (Wildman–Crippen LogP) is 3.16. The van der Waals surface area contributed by atoms with Gasteiger partial charge < -0.3 is 4.74 Å². The van der Waals surface area contributed by atoms with E-state index in [-0.39, 0.29) is 29.2 Å². The molecule has 0 bridgehead atoms. The van der Waals surface area contributed by atoms with Crippen LogP contribution >= 0.6 is 0 Å². The van der Waals surface area contributed by atoms with Crippen LogP contribution in [0.4, 0.5) is 14.5 Å². The fraction of sp³-hybridized carbons (Fsp3) is 0.125. The molecule has 112 valence electrons. The monoisotopic (exact) mass is 303 g/mol. The summed E-state index contributed by atoms with van der Waals surface area (Å²) in [5, 5.41) is 0. The number of anilines is 1. The minimum Gasteiger partial charge on any atom is -0.489 e. The minimum absolute atomic E-state index is 0.110. The van der Waals surface area contributed by atoms with E-state index in [0.717, 1.165) is 11.0 Å². The number of amides is 2. The van der Waals surface area contributed by atoms with Crippen molar-refractivity contribution in [1.29, 1.82) is 0 Å². The molecule has 0 saturated heterocycles. The van der Waals surface area contributed by atoms with Crippen LogP contribution in [-0.4, -0.2) is 18.4 Å². The molecule has 2 amide bonds. The van der Waals surface area contributed by atoms with Gasteiger partial charge in [-0.15, -0.1) is 0 Å². The minimum atomic E-state index is -0.964. The molecule has 0 N–H and O–H groups in total. The largest absolute Gasteiger partial charge is 0.489 e. The summed E-state index contributed by atoms with van der Waals surface area (Å²) in [5.41, 5.74) is 0.157. The molecule has 1 aliphatic heterocycles. The van der Waals surface area contributed by atoms with Gasteiger partial charge in [-0.25, -0.2) is 13.7 Å². The van der Waals surface area contributed by atoms with E-state index in [9.17, 15) is 18.4 Å². The number of carbonyl (C=O) groups excluding carboxylic acids is 2. The fourth-order valence-corrected chi connectivity index (χ4v) is 2.41. The zero-order valence-corrected chi connectivity index (χ0v) is 11.6. The first kappa shape index (κ1) is 14.2. The number of imide groups is 1. The van der Waals surface area contributed by atoms with Crippen molar-refractivity contribution in [3.8, 4) is 5.75 Å². The van der Waals surface area contributed by atoms with E-state index < -0.39 is 23.4 Å². The topological polar surface area (TPSA) is 46.6 Å². The summed E-state index contributed by atoms with van der Waals surface area (Å²) in [6.07, 6.45) is 0. The van der Waals surface area contributed by atoms with Gasteiger partial charge >= 0.3 is 0 Å². The molecular weight excluding hydrogens is 292 g/mol.